The fourth-order valence-corrected chi connectivity index (χ4v) is 1.55. The Bertz CT molecular complexity index is 618. The molecule has 0 unspecified atom stereocenters. The van der Waals surface area contributed by atoms with Gasteiger partial charge in [-0.2, -0.15) is 0 Å². The summed E-state index contributed by atoms with van der Waals surface area (Å²) in [6.45, 7) is 2.09. The van der Waals surface area contributed by atoms with E-state index in [4.69, 9.17) is 9.25 Å². The minimum absolute atomic E-state index is 0.00498. The number of non-ortho nitro benzene ring substituents is 1. The Hall–Kier alpha value is -2.67. The fraction of sp³-hybridized carbons (Fsp3) is 0.154. The number of hydroxylamine groups is 1. The maximum Gasteiger partial charge on any atom is 0.310 e. The van der Waals surface area contributed by atoms with E-state index in [9.17, 15) is 14.9 Å². The maximum atomic E-state index is 11.6. The lowest BCUT2D eigenvalue weighted by molar-refractivity contribution is -0.384. The highest BCUT2D eigenvalue weighted by molar-refractivity contribution is 5.91. The van der Waals surface area contributed by atoms with Gasteiger partial charge in [0.15, 0.2) is 5.76 Å². The highest BCUT2D eigenvalue weighted by atomic mass is 16.7. The molecule has 0 atom stereocenters. The molecule has 1 amide bonds. The summed E-state index contributed by atoms with van der Waals surface area (Å²) in [4.78, 5) is 26.4. The Balaban J connectivity index is 2.16. The molecule has 1 aromatic carbocycles. The number of nitrogens with one attached hydrogen (secondary N) is 1. The topological polar surface area (TPSA) is 94.6 Å². The number of hydrogen-bond donors (Lipinski definition) is 1. The van der Waals surface area contributed by atoms with Crippen LogP contribution >= 0.6 is 0 Å². The summed E-state index contributed by atoms with van der Waals surface area (Å²) in [5.41, 5.74) is 2.85. The van der Waals surface area contributed by atoms with Crippen molar-refractivity contribution in [2.45, 2.75) is 6.92 Å². The first kappa shape index (κ1) is 13.8. The quantitative estimate of drug-likeness (QED) is 0.668. The summed E-state index contributed by atoms with van der Waals surface area (Å²) in [5.74, 6) is 0.0633. The average molecular weight is 276 g/mol. The molecule has 0 fully saturated rings. The molecule has 0 saturated carbocycles. The van der Waals surface area contributed by atoms with Crippen LogP contribution in [0.25, 0.3) is 11.3 Å². The third-order valence-electron chi connectivity index (χ3n) is 2.50. The summed E-state index contributed by atoms with van der Waals surface area (Å²) in [5, 5.41) is 10.6. The SMILES string of the molecule is CCONC(=O)c1ccc(-c2ccc([N+](=O)[O-])cc2)o1. The van der Waals surface area contributed by atoms with Crippen molar-refractivity contribution in [1.82, 2.24) is 5.48 Å². The van der Waals surface area contributed by atoms with Gasteiger partial charge in [-0.3, -0.25) is 19.7 Å². The minimum Gasteiger partial charge on any atom is -0.451 e. The number of hydrogen-bond acceptors (Lipinski definition) is 5. The van der Waals surface area contributed by atoms with E-state index in [0.717, 1.165) is 0 Å². The lowest BCUT2D eigenvalue weighted by atomic mass is 10.1. The molecule has 0 aliphatic carbocycles. The Morgan fingerprint density at radius 2 is 2.00 bits per heavy atom. The third-order valence-corrected chi connectivity index (χ3v) is 2.50. The van der Waals surface area contributed by atoms with Gasteiger partial charge in [-0.05, 0) is 31.2 Å². The van der Waals surface area contributed by atoms with Crippen LogP contribution in [0.5, 0.6) is 0 Å². The van der Waals surface area contributed by atoms with Gasteiger partial charge in [-0.25, -0.2) is 5.48 Å². The molecular formula is C13H12N2O5. The Labute approximate surface area is 114 Å². The second kappa shape index (κ2) is 5.98. The van der Waals surface area contributed by atoms with Crippen LogP contribution < -0.4 is 5.48 Å². The van der Waals surface area contributed by atoms with E-state index in [1.54, 1.807) is 25.1 Å². The standard InChI is InChI=1S/C13H12N2O5/c1-2-19-14-13(16)12-8-7-11(20-12)9-3-5-10(6-4-9)15(17)18/h3-8H,2H2,1H3,(H,14,16). The van der Waals surface area contributed by atoms with Crippen LogP contribution in [0.3, 0.4) is 0 Å². The Morgan fingerprint density at radius 1 is 1.30 bits per heavy atom. The van der Waals surface area contributed by atoms with Crippen molar-refractivity contribution in [2.24, 2.45) is 0 Å². The summed E-state index contributed by atoms with van der Waals surface area (Å²) >= 11 is 0. The van der Waals surface area contributed by atoms with E-state index in [-0.39, 0.29) is 11.4 Å². The molecule has 1 N–H and O–H groups in total. The number of benzene rings is 1. The first-order chi connectivity index (χ1) is 9.61. The molecule has 0 radical (unpaired) electrons. The lowest BCUT2D eigenvalue weighted by Crippen LogP contribution is -2.22. The van der Waals surface area contributed by atoms with Gasteiger partial charge in [0.25, 0.3) is 5.69 Å². The van der Waals surface area contributed by atoms with Crippen molar-refractivity contribution in [3.8, 4) is 11.3 Å². The van der Waals surface area contributed by atoms with Crippen LogP contribution in [0, 0.1) is 10.1 Å². The number of rotatable bonds is 5. The molecular weight excluding hydrogens is 264 g/mol. The van der Waals surface area contributed by atoms with Crippen LogP contribution in [0.4, 0.5) is 5.69 Å². The Morgan fingerprint density at radius 3 is 2.60 bits per heavy atom. The van der Waals surface area contributed by atoms with Crippen molar-refractivity contribution in [3.63, 3.8) is 0 Å². The molecule has 7 nitrogen and oxygen atoms in total. The number of carbonyl (C=O) groups excluding carboxylic acids is 1. The van der Waals surface area contributed by atoms with E-state index in [2.05, 4.69) is 5.48 Å². The van der Waals surface area contributed by atoms with Crippen LogP contribution in [-0.4, -0.2) is 17.4 Å². The van der Waals surface area contributed by atoms with Gasteiger partial charge >= 0.3 is 5.91 Å². The first-order valence-corrected chi connectivity index (χ1v) is 5.88. The summed E-state index contributed by atoms with van der Waals surface area (Å²) in [7, 11) is 0. The van der Waals surface area contributed by atoms with E-state index in [1.807, 2.05) is 0 Å². The largest absolute Gasteiger partial charge is 0.451 e. The monoisotopic (exact) mass is 276 g/mol. The van der Waals surface area contributed by atoms with Crippen LogP contribution in [0.15, 0.2) is 40.8 Å². The minimum atomic E-state index is -0.486. The first-order valence-electron chi connectivity index (χ1n) is 5.88. The molecule has 0 spiro atoms. The summed E-state index contributed by atoms with van der Waals surface area (Å²) in [6.07, 6.45) is 0. The number of nitro groups is 1. The number of nitro benzene ring substituents is 1. The Kier molecular flexibility index (Phi) is 4.11. The smallest absolute Gasteiger partial charge is 0.310 e. The van der Waals surface area contributed by atoms with Crippen LogP contribution in [0.2, 0.25) is 0 Å². The third kappa shape index (κ3) is 3.01. The molecule has 20 heavy (non-hydrogen) atoms. The van der Waals surface area contributed by atoms with Gasteiger partial charge in [0.2, 0.25) is 0 Å². The van der Waals surface area contributed by atoms with Crippen molar-refractivity contribution in [1.29, 1.82) is 0 Å². The number of carbonyl (C=O) groups is 1. The van der Waals surface area contributed by atoms with E-state index < -0.39 is 10.8 Å². The van der Waals surface area contributed by atoms with Gasteiger partial charge < -0.3 is 4.42 Å². The highest BCUT2D eigenvalue weighted by Gasteiger charge is 2.13. The predicted octanol–water partition coefficient (Wildman–Crippen LogP) is 2.54. The number of furan rings is 1. The molecule has 0 bridgehead atoms. The van der Waals surface area contributed by atoms with Gasteiger partial charge in [-0.15, -0.1) is 0 Å². The zero-order valence-corrected chi connectivity index (χ0v) is 10.7. The van der Waals surface area contributed by atoms with Gasteiger partial charge in [0, 0.05) is 17.7 Å². The number of nitrogens with zero attached hydrogens (tertiary/aromatic N) is 1. The lowest BCUT2D eigenvalue weighted by Gasteiger charge is -2.00. The van der Waals surface area contributed by atoms with Crippen molar-refractivity contribution < 1.29 is 19.0 Å². The normalized spacial score (nSPS) is 10.2. The predicted molar refractivity (Wildman–Crippen MR) is 69.9 cm³/mol. The summed E-state index contributed by atoms with van der Waals surface area (Å²) in [6, 6.07) is 8.98. The molecule has 0 aliphatic heterocycles. The molecule has 2 rings (SSSR count). The molecule has 1 heterocycles. The maximum absolute atomic E-state index is 11.6. The second-order valence-electron chi connectivity index (χ2n) is 3.83. The van der Waals surface area contributed by atoms with Crippen molar-refractivity contribution in [2.75, 3.05) is 6.61 Å². The van der Waals surface area contributed by atoms with Crippen LogP contribution in [-0.2, 0) is 4.84 Å². The van der Waals surface area contributed by atoms with Gasteiger partial charge in [-0.1, -0.05) is 0 Å². The molecule has 104 valence electrons. The van der Waals surface area contributed by atoms with Crippen molar-refractivity contribution in [3.05, 3.63) is 52.3 Å². The average Bonchev–Trinajstić information content (AvgIpc) is 2.94. The van der Waals surface area contributed by atoms with E-state index in [1.165, 1.54) is 18.2 Å². The molecule has 2 aromatic rings. The molecule has 0 aliphatic rings. The van der Waals surface area contributed by atoms with Crippen molar-refractivity contribution >= 4 is 11.6 Å². The fourth-order valence-electron chi connectivity index (χ4n) is 1.55. The van der Waals surface area contributed by atoms with E-state index in [0.29, 0.717) is 17.9 Å². The number of amides is 1. The second-order valence-corrected chi connectivity index (χ2v) is 3.83. The van der Waals surface area contributed by atoms with Gasteiger partial charge in [0.05, 0.1) is 11.5 Å². The highest BCUT2D eigenvalue weighted by Crippen LogP contribution is 2.24. The summed E-state index contributed by atoms with van der Waals surface area (Å²) < 4.78 is 5.37. The van der Waals surface area contributed by atoms with Crippen LogP contribution in [0.1, 0.15) is 17.5 Å². The zero-order valence-electron chi connectivity index (χ0n) is 10.7. The molecule has 0 saturated heterocycles. The zero-order chi connectivity index (χ0) is 14.5. The van der Waals surface area contributed by atoms with Gasteiger partial charge in [0.1, 0.15) is 5.76 Å². The van der Waals surface area contributed by atoms with E-state index >= 15 is 0 Å². The molecule has 1 aromatic heterocycles. The molecule has 7 heteroatoms.